The monoisotopic (exact) mass is 257 g/mol. The number of hydrogen-bond donors (Lipinski definition) is 1. The van der Waals surface area contributed by atoms with Crippen LogP contribution in [0.25, 0.3) is 11.0 Å². The summed E-state index contributed by atoms with van der Waals surface area (Å²) in [6, 6.07) is 8.31. The molecule has 1 aromatic heterocycles. The Balaban J connectivity index is 1.72. The molecule has 1 aromatic carbocycles. The van der Waals surface area contributed by atoms with E-state index >= 15 is 0 Å². The number of furan rings is 1. The van der Waals surface area contributed by atoms with E-state index in [0.717, 1.165) is 12.0 Å². The van der Waals surface area contributed by atoms with Crippen LogP contribution in [-0.4, -0.2) is 5.91 Å². The maximum atomic E-state index is 10.8. The molecule has 0 radical (unpaired) electrons. The summed E-state index contributed by atoms with van der Waals surface area (Å²) in [4.78, 5) is 10.8. The van der Waals surface area contributed by atoms with Gasteiger partial charge in [0.1, 0.15) is 5.58 Å². The number of nitrogens with two attached hydrogens (primary N) is 1. The average Bonchev–Trinajstić information content (AvgIpc) is 3.04. The van der Waals surface area contributed by atoms with Gasteiger partial charge in [0.05, 0.1) is 6.26 Å². The minimum atomic E-state index is -0.194. The summed E-state index contributed by atoms with van der Waals surface area (Å²) < 4.78 is 5.45. The van der Waals surface area contributed by atoms with Crippen LogP contribution in [0.3, 0.4) is 0 Å². The SMILES string of the molecule is CC(CCC(N)=O)C1CC1c1cccc2occc12. The van der Waals surface area contributed by atoms with Crippen LogP contribution in [0.2, 0.25) is 0 Å². The second-order valence-corrected chi connectivity index (χ2v) is 5.67. The van der Waals surface area contributed by atoms with Crippen LogP contribution in [0.4, 0.5) is 0 Å². The van der Waals surface area contributed by atoms with Crippen molar-refractivity contribution in [2.75, 3.05) is 0 Å². The van der Waals surface area contributed by atoms with E-state index in [-0.39, 0.29) is 5.91 Å². The van der Waals surface area contributed by atoms with E-state index in [0.29, 0.717) is 24.2 Å². The van der Waals surface area contributed by atoms with Crippen molar-refractivity contribution in [3.05, 3.63) is 36.1 Å². The predicted molar refractivity (Wildman–Crippen MR) is 74.7 cm³/mol. The number of rotatable bonds is 5. The summed E-state index contributed by atoms with van der Waals surface area (Å²) in [5.41, 5.74) is 7.57. The van der Waals surface area contributed by atoms with Gasteiger partial charge in [-0.2, -0.15) is 0 Å². The molecule has 0 bridgehead atoms. The van der Waals surface area contributed by atoms with Crippen molar-refractivity contribution in [3.63, 3.8) is 0 Å². The largest absolute Gasteiger partial charge is 0.464 e. The predicted octanol–water partition coefficient (Wildman–Crippen LogP) is 3.44. The van der Waals surface area contributed by atoms with Gasteiger partial charge in [-0.1, -0.05) is 19.1 Å². The van der Waals surface area contributed by atoms with Gasteiger partial charge >= 0.3 is 0 Å². The Morgan fingerprint density at radius 1 is 1.47 bits per heavy atom. The first-order valence-electron chi connectivity index (χ1n) is 6.91. The summed E-state index contributed by atoms with van der Waals surface area (Å²) in [7, 11) is 0. The fourth-order valence-corrected chi connectivity index (χ4v) is 3.13. The molecule has 100 valence electrons. The average molecular weight is 257 g/mol. The third-order valence-corrected chi connectivity index (χ3v) is 4.35. The zero-order valence-corrected chi connectivity index (χ0v) is 11.1. The molecule has 0 saturated heterocycles. The molecular weight excluding hydrogens is 238 g/mol. The highest BCUT2D eigenvalue weighted by molar-refractivity contribution is 5.82. The minimum absolute atomic E-state index is 0.194. The Labute approximate surface area is 112 Å². The molecule has 0 aliphatic heterocycles. The zero-order chi connectivity index (χ0) is 13.4. The van der Waals surface area contributed by atoms with Crippen molar-refractivity contribution < 1.29 is 9.21 Å². The summed E-state index contributed by atoms with van der Waals surface area (Å²) >= 11 is 0. The molecule has 1 amide bonds. The topological polar surface area (TPSA) is 56.2 Å². The van der Waals surface area contributed by atoms with Gasteiger partial charge in [0.15, 0.2) is 0 Å². The smallest absolute Gasteiger partial charge is 0.217 e. The Hall–Kier alpha value is -1.77. The lowest BCUT2D eigenvalue weighted by molar-refractivity contribution is -0.118. The number of fused-ring (bicyclic) bond motifs is 1. The molecule has 19 heavy (non-hydrogen) atoms. The molecule has 1 saturated carbocycles. The summed E-state index contributed by atoms with van der Waals surface area (Å²) in [5, 5.41) is 1.23. The molecule has 3 heteroatoms. The van der Waals surface area contributed by atoms with Gasteiger partial charge in [0, 0.05) is 11.8 Å². The normalized spacial score (nSPS) is 23.4. The van der Waals surface area contributed by atoms with Gasteiger partial charge in [0.25, 0.3) is 0 Å². The summed E-state index contributed by atoms with van der Waals surface area (Å²) in [6.07, 6.45) is 4.37. The van der Waals surface area contributed by atoms with E-state index in [1.54, 1.807) is 6.26 Å². The van der Waals surface area contributed by atoms with Gasteiger partial charge in [0.2, 0.25) is 5.91 Å². The minimum Gasteiger partial charge on any atom is -0.464 e. The number of carbonyl (C=O) groups is 1. The van der Waals surface area contributed by atoms with Crippen LogP contribution in [0.1, 0.15) is 37.7 Å². The van der Waals surface area contributed by atoms with Crippen LogP contribution >= 0.6 is 0 Å². The molecular formula is C16H19NO2. The molecule has 0 spiro atoms. The van der Waals surface area contributed by atoms with Crippen LogP contribution < -0.4 is 5.73 Å². The number of primary amides is 1. The number of amides is 1. The fraction of sp³-hybridized carbons (Fsp3) is 0.438. The Kier molecular flexibility index (Phi) is 3.05. The molecule has 3 unspecified atom stereocenters. The fourth-order valence-electron chi connectivity index (χ4n) is 3.13. The first kappa shape index (κ1) is 12.3. The Morgan fingerprint density at radius 3 is 3.11 bits per heavy atom. The second kappa shape index (κ2) is 4.72. The third-order valence-electron chi connectivity index (χ3n) is 4.35. The molecule has 1 heterocycles. The third kappa shape index (κ3) is 2.37. The molecule has 1 aliphatic rings. The van der Waals surface area contributed by atoms with Crippen molar-refractivity contribution in [2.24, 2.45) is 17.6 Å². The highest BCUT2D eigenvalue weighted by atomic mass is 16.3. The van der Waals surface area contributed by atoms with Crippen molar-refractivity contribution in [1.29, 1.82) is 0 Å². The Bertz CT molecular complexity index is 602. The van der Waals surface area contributed by atoms with E-state index in [1.165, 1.54) is 17.4 Å². The first-order valence-corrected chi connectivity index (χ1v) is 6.91. The molecule has 2 aromatic rings. The van der Waals surface area contributed by atoms with Crippen LogP contribution in [0.5, 0.6) is 0 Å². The van der Waals surface area contributed by atoms with Gasteiger partial charge < -0.3 is 10.2 Å². The van der Waals surface area contributed by atoms with Crippen LogP contribution in [0.15, 0.2) is 34.9 Å². The number of benzene rings is 1. The maximum absolute atomic E-state index is 10.8. The highest BCUT2D eigenvalue weighted by Crippen LogP contribution is 2.54. The molecule has 1 fully saturated rings. The quantitative estimate of drug-likeness (QED) is 0.892. The van der Waals surface area contributed by atoms with E-state index in [9.17, 15) is 4.79 Å². The van der Waals surface area contributed by atoms with Gasteiger partial charge in [-0.3, -0.25) is 4.79 Å². The van der Waals surface area contributed by atoms with E-state index in [2.05, 4.69) is 19.1 Å². The lowest BCUT2D eigenvalue weighted by Gasteiger charge is -2.10. The van der Waals surface area contributed by atoms with E-state index < -0.39 is 0 Å². The molecule has 1 aliphatic carbocycles. The Morgan fingerprint density at radius 2 is 2.32 bits per heavy atom. The van der Waals surface area contributed by atoms with E-state index in [4.69, 9.17) is 10.2 Å². The highest BCUT2D eigenvalue weighted by Gasteiger charge is 2.42. The van der Waals surface area contributed by atoms with Gasteiger partial charge in [-0.25, -0.2) is 0 Å². The first-order chi connectivity index (χ1) is 9.16. The van der Waals surface area contributed by atoms with Crippen molar-refractivity contribution in [2.45, 2.75) is 32.1 Å². The van der Waals surface area contributed by atoms with Crippen molar-refractivity contribution >= 4 is 16.9 Å². The summed E-state index contributed by atoms with van der Waals surface area (Å²) in [5.74, 6) is 1.66. The summed E-state index contributed by atoms with van der Waals surface area (Å²) in [6.45, 7) is 2.23. The lowest BCUT2D eigenvalue weighted by atomic mass is 9.95. The maximum Gasteiger partial charge on any atom is 0.217 e. The molecule has 3 nitrogen and oxygen atoms in total. The van der Waals surface area contributed by atoms with Gasteiger partial charge in [-0.15, -0.1) is 0 Å². The number of carbonyl (C=O) groups excluding carboxylic acids is 1. The van der Waals surface area contributed by atoms with Crippen molar-refractivity contribution in [3.8, 4) is 0 Å². The van der Waals surface area contributed by atoms with Gasteiger partial charge in [-0.05, 0) is 48.3 Å². The number of hydrogen-bond acceptors (Lipinski definition) is 2. The molecule has 3 atom stereocenters. The van der Waals surface area contributed by atoms with Crippen molar-refractivity contribution in [1.82, 2.24) is 0 Å². The zero-order valence-electron chi connectivity index (χ0n) is 11.1. The molecule has 2 N–H and O–H groups in total. The standard InChI is InChI=1S/C16H19NO2/c1-10(5-6-16(17)18)13-9-14(13)11-3-2-4-15-12(11)7-8-19-15/h2-4,7-8,10,13-14H,5-6,9H2,1H3,(H2,17,18). The lowest BCUT2D eigenvalue weighted by Crippen LogP contribution is -2.12. The molecule has 3 rings (SSSR count). The van der Waals surface area contributed by atoms with E-state index in [1.807, 2.05) is 12.1 Å². The second-order valence-electron chi connectivity index (χ2n) is 5.67. The van der Waals surface area contributed by atoms with Crippen LogP contribution in [-0.2, 0) is 4.79 Å². The van der Waals surface area contributed by atoms with Crippen LogP contribution in [0, 0.1) is 11.8 Å².